The first-order valence-electron chi connectivity index (χ1n) is 5.53. The van der Waals surface area contributed by atoms with Crippen molar-refractivity contribution in [1.82, 2.24) is 9.55 Å². The average Bonchev–Trinajstić information content (AvgIpc) is 2.28. The lowest BCUT2D eigenvalue weighted by atomic mass is 10.4. The Morgan fingerprint density at radius 2 is 2.00 bits per heavy atom. The van der Waals surface area contributed by atoms with E-state index < -0.39 is 0 Å². The lowest BCUT2D eigenvalue weighted by molar-refractivity contribution is 0.138. The number of H-pyrrole nitrogens is 1. The molecule has 0 saturated heterocycles. The Bertz CT molecular complexity index is 406. The Labute approximate surface area is 95.1 Å². The lowest BCUT2D eigenvalue weighted by Gasteiger charge is -2.05. The van der Waals surface area contributed by atoms with Crippen LogP contribution in [0.2, 0.25) is 0 Å². The van der Waals surface area contributed by atoms with Crippen LogP contribution in [0.5, 0.6) is 0 Å². The van der Waals surface area contributed by atoms with E-state index in [0.29, 0.717) is 25.3 Å². The monoisotopic (exact) mass is 228 g/mol. The standard InChI is InChI=1S/C9H14N2O3.C2H6/c1-3-14-5-4-11-6-7(2)8(12)10-9(11)13;1-2/h6H,3-5H2,1-2H3,(H,10,12,13);1-2H3. The summed E-state index contributed by atoms with van der Waals surface area (Å²) in [6, 6.07) is 0. The van der Waals surface area contributed by atoms with Gasteiger partial charge >= 0.3 is 5.69 Å². The summed E-state index contributed by atoms with van der Waals surface area (Å²) in [6.07, 6.45) is 1.54. The Kier molecular flexibility index (Phi) is 7.20. The molecule has 92 valence electrons. The zero-order valence-electron chi connectivity index (χ0n) is 10.4. The van der Waals surface area contributed by atoms with E-state index in [1.807, 2.05) is 20.8 Å². The zero-order valence-corrected chi connectivity index (χ0v) is 10.4. The van der Waals surface area contributed by atoms with Crippen LogP contribution < -0.4 is 11.2 Å². The fraction of sp³-hybridized carbons (Fsp3) is 0.636. The van der Waals surface area contributed by atoms with Crippen LogP contribution in [0.4, 0.5) is 0 Å². The fourth-order valence-electron chi connectivity index (χ4n) is 1.09. The van der Waals surface area contributed by atoms with Crippen molar-refractivity contribution in [2.24, 2.45) is 0 Å². The molecule has 0 saturated carbocycles. The molecule has 1 N–H and O–H groups in total. The maximum atomic E-state index is 11.2. The lowest BCUT2D eigenvalue weighted by Crippen LogP contribution is -2.31. The van der Waals surface area contributed by atoms with Gasteiger partial charge in [-0.05, 0) is 13.8 Å². The van der Waals surface area contributed by atoms with Gasteiger partial charge in [0.2, 0.25) is 0 Å². The third-order valence-electron chi connectivity index (χ3n) is 1.87. The molecule has 1 aromatic heterocycles. The van der Waals surface area contributed by atoms with Gasteiger partial charge in [0.25, 0.3) is 5.56 Å². The van der Waals surface area contributed by atoms with E-state index in [0.717, 1.165) is 0 Å². The number of aryl methyl sites for hydroxylation is 1. The molecule has 0 aliphatic carbocycles. The highest BCUT2D eigenvalue weighted by atomic mass is 16.5. The molecular weight excluding hydrogens is 208 g/mol. The van der Waals surface area contributed by atoms with Gasteiger partial charge in [0.05, 0.1) is 13.2 Å². The quantitative estimate of drug-likeness (QED) is 0.779. The van der Waals surface area contributed by atoms with Crippen molar-refractivity contribution >= 4 is 0 Å². The number of hydrogen-bond donors (Lipinski definition) is 1. The second-order valence-corrected chi connectivity index (χ2v) is 2.96. The number of aromatic nitrogens is 2. The highest BCUT2D eigenvalue weighted by Gasteiger charge is 1.99. The summed E-state index contributed by atoms with van der Waals surface area (Å²) in [5, 5.41) is 0. The fourth-order valence-corrected chi connectivity index (χ4v) is 1.09. The predicted octanol–water partition coefficient (Wildman–Crippen LogP) is 0.908. The minimum absolute atomic E-state index is 0.331. The highest BCUT2D eigenvalue weighted by molar-refractivity contribution is 5.00. The van der Waals surface area contributed by atoms with Gasteiger partial charge in [0.1, 0.15) is 0 Å². The van der Waals surface area contributed by atoms with Gasteiger partial charge in [-0.3, -0.25) is 14.3 Å². The molecule has 1 heterocycles. The number of aromatic amines is 1. The first kappa shape index (κ1) is 14.6. The largest absolute Gasteiger partial charge is 0.380 e. The molecule has 5 heteroatoms. The van der Waals surface area contributed by atoms with E-state index in [9.17, 15) is 9.59 Å². The summed E-state index contributed by atoms with van der Waals surface area (Å²) >= 11 is 0. The second kappa shape index (κ2) is 7.87. The minimum Gasteiger partial charge on any atom is -0.380 e. The summed E-state index contributed by atoms with van der Waals surface area (Å²) in [5.74, 6) is 0. The van der Waals surface area contributed by atoms with Crippen molar-refractivity contribution in [2.45, 2.75) is 34.2 Å². The molecule has 1 aromatic rings. The molecule has 0 unspecified atom stereocenters. The topological polar surface area (TPSA) is 64.1 Å². The number of rotatable bonds is 4. The van der Waals surface area contributed by atoms with Gasteiger partial charge in [0, 0.05) is 18.4 Å². The van der Waals surface area contributed by atoms with Crippen molar-refractivity contribution in [3.8, 4) is 0 Å². The third kappa shape index (κ3) is 4.44. The molecule has 0 aliphatic rings. The molecule has 1 rings (SSSR count). The molecular formula is C11H20N2O3. The van der Waals surface area contributed by atoms with E-state index in [2.05, 4.69) is 4.98 Å². The van der Waals surface area contributed by atoms with Crippen LogP contribution in [0, 0.1) is 6.92 Å². The number of hydrogen-bond acceptors (Lipinski definition) is 3. The maximum Gasteiger partial charge on any atom is 0.328 e. The van der Waals surface area contributed by atoms with E-state index in [1.165, 1.54) is 4.57 Å². The van der Waals surface area contributed by atoms with Crippen LogP contribution in [0.25, 0.3) is 0 Å². The molecule has 0 atom stereocenters. The minimum atomic E-state index is -0.389. The number of nitrogens with one attached hydrogen (secondary N) is 1. The van der Waals surface area contributed by atoms with Crippen molar-refractivity contribution in [3.05, 3.63) is 32.6 Å². The van der Waals surface area contributed by atoms with E-state index in [1.54, 1.807) is 13.1 Å². The zero-order chi connectivity index (χ0) is 12.6. The van der Waals surface area contributed by atoms with Crippen molar-refractivity contribution < 1.29 is 4.74 Å². The van der Waals surface area contributed by atoms with Crippen LogP contribution in [-0.4, -0.2) is 22.8 Å². The van der Waals surface area contributed by atoms with Gasteiger partial charge < -0.3 is 4.74 Å². The van der Waals surface area contributed by atoms with Crippen molar-refractivity contribution in [2.75, 3.05) is 13.2 Å². The highest BCUT2D eigenvalue weighted by Crippen LogP contribution is 1.85. The first-order chi connectivity index (χ1) is 7.65. The van der Waals surface area contributed by atoms with E-state index >= 15 is 0 Å². The molecule has 0 fully saturated rings. The molecule has 16 heavy (non-hydrogen) atoms. The Balaban J connectivity index is 0.00000106. The molecule has 0 aromatic carbocycles. The van der Waals surface area contributed by atoms with E-state index in [4.69, 9.17) is 4.74 Å². The van der Waals surface area contributed by atoms with Crippen molar-refractivity contribution in [3.63, 3.8) is 0 Å². The van der Waals surface area contributed by atoms with Crippen LogP contribution in [-0.2, 0) is 11.3 Å². The van der Waals surface area contributed by atoms with Crippen LogP contribution >= 0.6 is 0 Å². The predicted molar refractivity (Wildman–Crippen MR) is 63.9 cm³/mol. The smallest absolute Gasteiger partial charge is 0.328 e. The van der Waals surface area contributed by atoms with Crippen molar-refractivity contribution in [1.29, 1.82) is 0 Å². The summed E-state index contributed by atoms with van der Waals surface area (Å²) in [4.78, 5) is 24.5. The first-order valence-corrected chi connectivity index (χ1v) is 5.53. The molecule has 5 nitrogen and oxygen atoms in total. The van der Waals surface area contributed by atoms with Gasteiger partial charge in [-0.15, -0.1) is 0 Å². The third-order valence-corrected chi connectivity index (χ3v) is 1.87. The molecule has 0 aliphatic heterocycles. The molecule has 0 spiro atoms. The van der Waals surface area contributed by atoms with Gasteiger partial charge in [-0.25, -0.2) is 4.79 Å². The second-order valence-electron chi connectivity index (χ2n) is 2.96. The summed E-state index contributed by atoms with van der Waals surface area (Å²) in [5.41, 5.74) is -0.191. The molecule has 0 amide bonds. The summed E-state index contributed by atoms with van der Waals surface area (Å²) in [6.45, 7) is 9.11. The van der Waals surface area contributed by atoms with Crippen LogP contribution in [0.3, 0.4) is 0 Å². The Hall–Kier alpha value is -1.36. The average molecular weight is 228 g/mol. The number of nitrogens with zero attached hydrogens (tertiary/aromatic N) is 1. The normalized spacial score (nSPS) is 9.50. The van der Waals surface area contributed by atoms with Gasteiger partial charge in [-0.1, -0.05) is 13.8 Å². The Morgan fingerprint density at radius 3 is 2.56 bits per heavy atom. The molecule has 0 bridgehead atoms. The Morgan fingerprint density at radius 1 is 1.38 bits per heavy atom. The maximum absolute atomic E-state index is 11.2. The van der Waals surface area contributed by atoms with E-state index in [-0.39, 0.29) is 11.2 Å². The summed E-state index contributed by atoms with van der Waals surface area (Å²) in [7, 11) is 0. The number of ether oxygens (including phenoxy) is 1. The van der Waals surface area contributed by atoms with Crippen LogP contribution in [0.1, 0.15) is 26.3 Å². The summed E-state index contributed by atoms with van der Waals surface area (Å²) < 4.78 is 6.55. The SMILES string of the molecule is CC.CCOCCn1cc(C)c(=O)[nH]c1=O. The van der Waals surface area contributed by atoms with Gasteiger partial charge in [-0.2, -0.15) is 0 Å². The molecule has 0 radical (unpaired) electrons. The van der Waals surface area contributed by atoms with Gasteiger partial charge in [0.15, 0.2) is 0 Å². The van der Waals surface area contributed by atoms with Crippen LogP contribution in [0.15, 0.2) is 15.8 Å².